The summed E-state index contributed by atoms with van der Waals surface area (Å²) in [4.78, 5) is 23.3. The zero-order valence-corrected chi connectivity index (χ0v) is 13.8. The van der Waals surface area contributed by atoms with Crippen molar-refractivity contribution in [2.24, 2.45) is 0 Å². The number of hydrogen-bond donors (Lipinski definition) is 1. The Balaban J connectivity index is 1.65. The highest BCUT2D eigenvalue weighted by molar-refractivity contribution is 5.95. The number of carbonyl (C=O) groups is 1. The highest BCUT2D eigenvalue weighted by atomic mass is 16.5. The zero-order chi connectivity index (χ0) is 16.8. The van der Waals surface area contributed by atoms with Crippen LogP contribution in [0.2, 0.25) is 0 Å². The van der Waals surface area contributed by atoms with Crippen LogP contribution in [0.25, 0.3) is 0 Å². The Kier molecular flexibility index (Phi) is 5.38. The van der Waals surface area contributed by atoms with Gasteiger partial charge in [0.05, 0.1) is 37.2 Å². The Bertz CT molecular complexity index is 654. The molecule has 0 saturated carbocycles. The second kappa shape index (κ2) is 7.88. The minimum atomic E-state index is -0.176. The Morgan fingerprint density at radius 3 is 2.50 bits per heavy atom. The molecule has 0 spiro atoms. The van der Waals surface area contributed by atoms with Crippen LogP contribution in [0.1, 0.15) is 24.8 Å². The third-order valence-electron chi connectivity index (χ3n) is 4.13. The van der Waals surface area contributed by atoms with Gasteiger partial charge >= 0.3 is 0 Å². The summed E-state index contributed by atoms with van der Waals surface area (Å²) in [5.41, 5.74) is 1.63. The van der Waals surface area contributed by atoms with E-state index in [1.165, 1.54) is 0 Å². The van der Waals surface area contributed by atoms with Gasteiger partial charge in [-0.1, -0.05) is 37.3 Å². The quantitative estimate of drug-likeness (QED) is 0.914. The summed E-state index contributed by atoms with van der Waals surface area (Å²) in [6.45, 7) is 4.97. The first-order chi connectivity index (χ1) is 11.8. The predicted molar refractivity (Wildman–Crippen MR) is 93.2 cm³/mol. The van der Waals surface area contributed by atoms with Crippen LogP contribution in [0, 0.1) is 0 Å². The maximum absolute atomic E-state index is 12.5. The summed E-state index contributed by atoms with van der Waals surface area (Å²) < 4.78 is 5.32. The van der Waals surface area contributed by atoms with Crippen molar-refractivity contribution in [3.63, 3.8) is 0 Å². The molecule has 3 rings (SSSR count). The SMILES string of the molecule is CC[C@H](C(=O)Nc1cnc(N2CCOCC2)nc1)c1ccccc1. The number of anilines is 2. The fourth-order valence-corrected chi connectivity index (χ4v) is 2.80. The normalized spacial score (nSPS) is 15.8. The van der Waals surface area contributed by atoms with E-state index in [9.17, 15) is 4.79 Å². The van der Waals surface area contributed by atoms with Gasteiger partial charge in [-0.3, -0.25) is 4.79 Å². The number of ether oxygens (including phenoxy) is 1. The second-order valence-corrected chi connectivity index (χ2v) is 5.73. The van der Waals surface area contributed by atoms with Gasteiger partial charge in [0.2, 0.25) is 11.9 Å². The Labute approximate surface area is 141 Å². The van der Waals surface area contributed by atoms with Crippen LogP contribution in [-0.4, -0.2) is 42.2 Å². The molecular formula is C18H22N4O2. The molecular weight excluding hydrogens is 304 g/mol. The molecule has 1 aromatic carbocycles. The lowest BCUT2D eigenvalue weighted by Crippen LogP contribution is -2.37. The van der Waals surface area contributed by atoms with E-state index in [1.54, 1.807) is 12.4 Å². The summed E-state index contributed by atoms with van der Waals surface area (Å²) >= 11 is 0. The van der Waals surface area contributed by atoms with E-state index in [0.29, 0.717) is 24.8 Å². The van der Waals surface area contributed by atoms with E-state index >= 15 is 0 Å². The van der Waals surface area contributed by atoms with Gasteiger partial charge in [-0.25, -0.2) is 9.97 Å². The highest BCUT2D eigenvalue weighted by Gasteiger charge is 2.19. The molecule has 1 atom stereocenters. The molecule has 0 radical (unpaired) electrons. The van der Waals surface area contributed by atoms with E-state index in [-0.39, 0.29) is 11.8 Å². The second-order valence-electron chi connectivity index (χ2n) is 5.73. The molecule has 0 unspecified atom stereocenters. The number of amides is 1. The molecule has 6 nitrogen and oxygen atoms in total. The molecule has 1 aliphatic heterocycles. The maximum Gasteiger partial charge on any atom is 0.231 e. The van der Waals surface area contributed by atoms with Gasteiger partial charge in [-0.2, -0.15) is 0 Å². The minimum absolute atomic E-state index is 0.0357. The fourth-order valence-electron chi connectivity index (χ4n) is 2.80. The van der Waals surface area contributed by atoms with Gasteiger partial charge in [-0.05, 0) is 12.0 Å². The predicted octanol–water partition coefficient (Wildman–Crippen LogP) is 2.45. The molecule has 24 heavy (non-hydrogen) atoms. The first kappa shape index (κ1) is 16.4. The van der Waals surface area contributed by atoms with Crippen molar-refractivity contribution in [1.82, 2.24) is 9.97 Å². The minimum Gasteiger partial charge on any atom is -0.378 e. The van der Waals surface area contributed by atoms with Gasteiger partial charge in [0.15, 0.2) is 0 Å². The molecule has 6 heteroatoms. The van der Waals surface area contributed by atoms with Crippen LogP contribution in [0.15, 0.2) is 42.7 Å². The average Bonchev–Trinajstić information content (AvgIpc) is 2.64. The van der Waals surface area contributed by atoms with Gasteiger partial charge in [0, 0.05) is 13.1 Å². The van der Waals surface area contributed by atoms with Crippen LogP contribution >= 0.6 is 0 Å². The topological polar surface area (TPSA) is 67.4 Å². The number of hydrogen-bond acceptors (Lipinski definition) is 5. The third-order valence-corrected chi connectivity index (χ3v) is 4.13. The standard InChI is InChI=1S/C18H22N4O2/c1-2-16(14-6-4-3-5-7-14)17(23)21-15-12-19-18(20-13-15)22-8-10-24-11-9-22/h3-7,12-13,16H,2,8-11H2,1H3,(H,21,23)/t16-/m0/s1. The van der Waals surface area contributed by atoms with Gasteiger partial charge in [-0.15, -0.1) is 0 Å². The van der Waals surface area contributed by atoms with Crippen molar-refractivity contribution in [3.8, 4) is 0 Å². The lowest BCUT2D eigenvalue weighted by molar-refractivity contribution is -0.117. The van der Waals surface area contributed by atoms with Crippen molar-refractivity contribution in [1.29, 1.82) is 0 Å². The summed E-state index contributed by atoms with van der Waals surface area (Å²) in [6.07, 6.45) is 4.06. The van der Waals surface area contributed by atoms with Gasteiger partial charge in [0.1, 0.15) is 0 Å². The molecule has 1 aliphatic rings. The number of nitrogens with one attached hydrogen (secondary N) is 1. The lowest BCUT2D eigenvalue weighted by Gasteiger charge is -2.26. The molecule has 0 aliphatic carbocycles. The smallest absolute Gasteiger partial charge is 0.231 e. The van der Waals surface area contributed by atoms with Crippen LogP contribution < -0.4 is 10.2 Å². The molecule has 1 saturated heterocycles. The van der Waals surface area contributed by atoms with E-state index < -0.39 is 0 Å². The first-order valence-electron chi connectivity index (χ1n) is 8.28. The van der Waals surface area contributed by atoms with Crippen molar-refractivity contribution in [3.05, 3.63) is 48.3 Å². The van der Waals surface area contributed by atoms with Gasteiger partial charge in [0.25, 0.3) is 0 Å². The zero-order valence-electron chi connectivity index (χ0n) is 13.8. The highest BCUT2D eigenvalue weighted by Crippen LogP contribution is 2.21. The summed E-state index contributed by atoms with van der Waals surface area (Å²) in [5, 5.41) is 2.91. The average molecular weight is 326 g/mol. The number of carbonyl (C=O) groups excluding carboxylic acids is 1. The Hall–Kier alpha value is -2.47. The number of benzene rings is 1. The van der Waals surface area contributed by atoms with E-state index in [0.717, 1.165) is 25.1 Å². The van der Waals surface area contributed by atoms with Gasteiger partial charge < -0.3 is 15.0 Å². The summed E-state index contributed by atoms with van der Waals surface area (Å²) in [5.74, 6) is 0.461. The molecule has 1 fully saturated rings. The van der Waals surface area contributed by atoms with Crippen LogP contribution in [-0.2, 0) is 9.53 Å². The molecule has 1 N–H and O–H groups in total. The molecule has 0 bridgehead atoms. The van der Waals surface area contributed by atoms with E-state index in [2.05, 4.69) is 20.2 Å². The van der Waals surface area contributed by atoms with Crippen LogP contribution in [0.5, 0.6) is 0 Å². The largest absolute Gasteiger partial charge is 0.378 e. The molecule has 126 valence electrons. The summed E-state index contributed by atoms with van der Waals surface area (Å²) in [6, 6.07) is 9.81. The van der Waals surface area contributed by atoms with E-state index in [1.807, 2.05) is 37.3 Å². The van der Waals surface area contributed by atoms with Crippen molar-refractivity contribution < 1.29 is 9.53 Å². The fraction of sp³-hybridized carbons (Fsp3) is 0.389. The third kappa shape index (κ3) is 3.89. The van der Waals surface area contributed by atoms with E-state index in [4.69, 9.17) is 4.74 Å². The van der Waals surface area contributed by atoms with Crippen molar-refractivity contribution in [2.75, 3.05) is 36.5 Å². The molecule has 1 aromatic heterocycles. The Morgan fingerprint density at radius 2 is 1.88 bits per heavy atom. The summed E-state index contributed by atoms with van der Waals surface area (Å²) in [7, 11) is 0. The molecule has 1 amide bonds. The molecule has 2 aromatic rings. The lowest BCUT2D eigenvalue weighted by atomic mass is 9.95. The van der Waals surface area contributed by atoms with Crippen LogP contribution in [0.3, 0.4) is 0 Å². The first-order valence-corrected chi connectivity index (χ1v) is 8.28. The van der Waals surface area contributed by atoms with Crippen LogP contribution in [0.4, 0.5) is 11.6 Å². The number of nitrogens with zero attached hydrogens (tertiary/aromatic N) is 3. The number of rotatable bonds is 5. The Morgan fingerprint density at radius 1 is 1.21 bits per heavy atom. The van der Waals surface area contributed by atoms with Crippen molar-refractivity contribution in [2.45, 2.75) is 19.3 Å². The molecule has 2 heterocycles. The number of morpholine rings is 1. The maximum atomic E-state index is 12.5. The van der Waals surface area contributed by atoms with Crippen molar-refractivity contribution >= 4 is 17.5 Å². The number of aromatic nitrogens is 2. The monoisotopic (exact) mass is 326 g/mol.